The maximum Gasteiger partial charge on any atom is 0.224 e. The number of benzene rings is 2. The van der Waals surface area contributed by atoms with Crippen molar-refractivity contribution in [2.45, 2.75) is 25.7 Å². The van der Waals surface area contributed by atoms with Crippen molar-refractivity contribution in [1.82, 2.24) is 5.32 Å². The molecule has 128 valence electrons. The number of para-hydroxylation sites is 1. The fraction of sp³-hybridized carbons (Fsp3) is 0.350. The highest BCUT2D eigenvalue weighted by Crippen LogP contribution is 2.28. The third-order valence-electron chi connectivity index (χ3n) is 4.52. The zero-order valence-electron chi connectivity index (χ0n) is 13.8. The van der Waals surface area contributed by atoms with Gasteiger partial charge in [0.2, 0.25) is 5.91 Å². The van der Waals surface area contributed by atoms with Crippen LogP contribution in [-0.2, 0) is 4.79 Å². The standard InChI is InChI=1S/C20H24N2O.ClH/c23-20(11-10-16-12-14-21-15-13-16)22-19-9-5-4-8-18(19)17-6-2-1-3-7-17;/h1-9,16,21H,10-15H2,(H,22,23);1H. The minimum Gasteiger partial charge on any atom is -0.326 e. The summed E-state index contributed by atoms with van der Waals surface area (Å²) in [5, 5.41) is 6.46. The van der Waals surface area contributed by atoms with Crippen molar-refractivity contribution in [3.05, 3.63) is 54.6 Å². The summed E-state index contributed by atoms with van der Waals surface area (Å²) < 4.78 is 0. The summed E-state index contributed by atoms with van der Waals surface area (Å²) in [6.07, 6.45) is 3.97. The number of hydrogen-bond donors (Lipinski definition) is 2. The molecule has 0 atom stereocenters. The lowest BCUT2D eigenvalue weighted by Crippen LogP contribution is -2.28. The Kier molecular flexibility index (Phi) is 7.29. The molecular weight excluding hydrogens is 320 g/mol. The van der Waals surface area contributed by atoms with Crippen LogP contribution in [0.1, 0.15) is 25.7 Å². The number of hydrogen-bond acceptors (Lipinski definition) is 2. The van der Waals surface area contributed by atoms with Gasteiger partial charge in [0.1, 0.15) is 0 Å². The fourth-order valence-electron chi connectivity index (χ4n) is 3.18. The van der Waals surface area contributed by atoms with Crippen LogP contribution in [0.25, 0.3) is 11.1 Å². The number of piperidine rings is 1. The van der Waals surface area contributed by atoms with Gasteiger partial charge in [-0.3, -0.25) is 4.79 Å². The summed E-state index contributed by atoms with van der Waals surface area (Å²) in [5.41, 5.74) is 3.10. The van der Waals surface area contributed by atoms with Crippen LogP contribution in [0, 0.1) is 5.92 Å². The van der Waals surface area contributed by atoms with Crippen LogP contribution in [0.3, 0.4) is 0 Å². The first-order chi connectivity index (χ1) is 11.3. The minimum absolute atomic E-state index is 0. The van der Waals surface area contributed by atoms with E-state index >= 15 is 0 Å². The highest BCUT2D eigenvalue weighted by molar-refractivity contribution is 5.95. The Balaban J connectivity index is 0.00000208. The maximum absolute atomic E-state index is 12.3. The van der Waals surface area contributed by atoms with Gasteiger partial charge in [-0.1, -0.05) is 48.5 Å². The van der Waals surface area contributed by atoms with Gasteiger partial charge < -0.3 is 10.6 Å². The summed E-state index contributed by atoms with van der Waals surface area (Å²) in [6.45, 7) is 2.17. The van der Waals surface area contributed by atoms with E-state index in [1.165, 1.54) is 12.8 Å². The van der Waals surface area contributed by atoms with Crippen LogP contribution in [0.15, 0.2) is 54.6 Å². The average Bonchev–Trinajstić information content (AvgIpc) is 2.62. The molecule has 0 bridgehead atoms. The van der Waals surface area contributed by atoms with E-state index in [1.54, 1.807) is 0 Å². The Labute approximate surface area is 150 Å². The SMILES string of the molecule is Cl.O=C(CCC1CCNCC1)Nc1ccccc1-c1ccccc1. The molecule has 24 heavy (non-hydrogen) atoms. The van der Waals surface area contributed by atoms with Crippen molar-refractivity contribution in [2.24, 2.45) is 5.92 Å². The molecule has 2 N–H and O–H groups in total. The topological polar surface area (TPSA) is 41.1 Å². The third-order valence-corrected chi connectivity index (χ3v) is 4.52. The average molecular weight is 345 g/mol. The second kappa shape index (κ2) is 9.45. The van der Waals surface area contributed by atoms with Crippen LogP contribution in [0.5, 0.6) is 0 Å². The second-order valence-electron chi connectivity index (χ2n) is 6.19. The first-order valence-corrected chi connectivity index (χ1v) is 8.48. The number of anilines is 1. The molecule has 2 aromatic carbocycles. The molecule has 1 aliphatic rings. The van der Waals surface area contributed by atoms with Crippen molar-refractivity contribution in [3.8, 4) is 11.1 Å². The third kappa shape index (κ3) is 5.08. The second-order valence-corrected chi connectivity index (χ2v) is 6.19. The summed E-state index contributed by atoms with van der Waals surface area (Å²) in [5.74, 6) is 0.804. The van der Waals surface area contributed by atoms with Gasteiger partial charge in [-0.05, 0) is 49.9 Å². The monoisotopic (exact) mass is 344 g/mol. The first kappa shape index (κ1) is 18.5. The summed E-state index contributed by atoms with van der Waals surface area (Å²) in [6, 6.07) is 18.2. The van der Waals surface area contributed by atoms with Crippen molar-refractivity contribution in [3.63, 3.8) is 0 Å². The van der Waals surface area contributed by atoms with E-state index in [0.29, 0.717) is 12.3 Å². The minimum atomic E-state index is 0. The van der Waals surface area contributed by atoms with E-state index in [4.69, 9.17) is 0 Å². The van der Waals surface area contributed by atoms with Gasteiger partial charge in [-0.15, -0.1) is 12.4 Å². The van der Waals surface area contributed by atoms with Crippen LogP contribution < -0.4 is 10.6 Å². The predicted octanol–water partition coefficient (Wildman–Crippen LogP) is 4.49. The molecule has 0 spiro atoms. The van der Waals surface area contributed by atoms with Crippen molar-refractivity contribution >= 4 is 24.0 Å². The molecule has 3 nitrogen and oxygen atoms in total. The summed E-state index contributed by atoms with van der Waals surface area (Å²) in [4.78, 5) is 12.3. The largest absolute Gasteiger partial charge is 0.326 e. The summed E-state index contributed by atoms with van der Waals surface area (Å²) >= 11 is 0. The highest BCUT2D eigenvalue weighted by Gasteiger charge is 2.15. The van der Waals surface area contributed by atoms with E-state index < -0.39 is 0 Å². The highest BCUT2D eigenvalue weighted by atomic mass is 35.5. The molecule has 0 radical (unpaired) electrons. The van der Waals surface area contributed by atoms with E-state index in [-0.39, 0.29) is 18.3 Å². The Morgan fingerprint density at radius 2 is 1.67 bits per heavy atom. The quantitative estimate of drug-likeness (QED) is 0.838. The van der Waals surface area contributed by atoms with Crippen molar-refractivity contribution < 1.29 is 4.79 Å². The van der Waals surface area contributed by atoms with Gasteiger partial charge in [-0.2, -0.15) is 0 Å². The molecule has 1 amide bonds. The van der Waals surface area contributed by atoms with E-state index in [2.05, 4.69) is 28.8 Å². The smallest absolute Gasteiger partial charge is 0.224 e. The molecule has 2 aromatic rings. The molecule has 1 aliphatic heterocycles. The normalized spacial score (nSPS) is 14.7. The number of rotatable bonds is 5. The predicted molar refractivity (Wildman–Crippen MR) is 103 cm³/mol. The molecule has 4 heteroatoms. The number of amides is 1. The van der Waals surface area contributed by atoms with Crippen molar-refractivity contribution in [1.29, 1.82) is 0 Å². The van der Waals surface area contributed by atoms with Crippen LogP contribution in [0.4, 0.5) is 5.69 Å². The molecule has 0 aromatic heterocycles. The van der Waals surface area contributed by atoms with Gasteiger partial charge in [0.15, 0.2) is 0 Å². The molecule has 0 aliphatic carbocycles. The molecule has 0 saturated carbocycles. The van der Waals surface area contributed by atoms with Gasteiger partial charge in [-0.25, -0.2) is 0 Å². The Morgan fingerprint density at radius 3 is 2.42 bits per heavy atom. The van der Waals surface area contributed by atoms with Crippen molar-refractivity contribution in [2.75, 3.05) is 18.4 Å². The van der Waals surface area contributed by atoms with Gasteiger partial charge >= 0.3 is 0 Å². The molecule has 3 rings (SSSR count). The summed E-state index contributed by atoms with van der Waals surface area (Å²) in [7, 11) is 0. The Hall–Kier alpha value is -1.84. The zero-order valence-corrected chi connectivity index (χ0v) is 14.6. The van der Waals surface area contributed by atoms with Crippen LogP contribution >= 0.6 is 12.4 Å². The maximum atomic E-state index is 12.3. The van der Waals surface area contributed by atoms with E-state index in [9.17, 15) is 4.79 Å². The van der Waals surface area contributed by atoms with Gasteiger partial charge in [0.05, 0.1) is 0 Å². The Bertz CT molecular complexity index is 639. The fourth-order valence-corrected chi connectivity index (χ4v) is 3.18. The molecule has 1 fully saturated rings. The first-order valence-electron chi connectivity index (χ1n) is 8.48. The Morgan fingerprint density at radius 1 is 1.00 bits per heavy atom. The molecule has 1 saturated heterocycles. The number of carbonyl (C=O) groups is 1. The van der Waals surface area contributed by atoms with E-state index in [0.717, 1.165) is 36.3 Å². The number of halogens is 1. The lowest BCUT2D eigenvalue weighted by molar-refractivity contribution is -0.116. The molecule has 1 heterocycles. The van der Waals surface area contributed by atoms with E-state index in [1.807, 2.05) is 36.4 Å². The number of carbonyl (C=O) groups excluding carboxylic acids is 1. The van der Waals surface area contributed by atoms with Crippen LogP contribution in [-0.4, -0.2) is 19.0 Å². The van der Waals surface area contributed by atoms with Crippen LogP contribution in [0.2, 0.25) is 0 Å². The van der Waals surface area contributed by atoms with Gasteiger partial charge in [0, 0.05) is 17.7 Å². The molecule has 0 unspecified atom stereocenters. The lowest BCUT2D eigenvalue weighted by atomic mass is 9.93. The zero-order chi connectivity index (χ0) is 15.9. The number of nitrogens with one attached hydrogen (secondary N) is 2. The lowest BCUT2D eigenvalue weighted by Gasteiger charge is -2.22. The molecular formula is C20H25ClN2O. The van der Waals surface area contributed by atoms with Gasteiger partial charge in [0.25, 0.3) is 0 Å².